The molecule has 1 heterocycles. The minimum Gasteiger partial charge on any atom is -0.486 e. The Bertz CT molecular complexity index is 885. The largest absolute Gasteiger partial charge is 0.486 e. The lowest BCUT2D eigenvalue weighted by atomic mass is 9.87. The van der Waals surface area contributed by atoms with E-state index in [1.807, 2.05) is 12.1 Å². The number of amides is 1. The highest BCUT2D eigenvalue weighted by Crippen LogP contribution is 2.34. The van der Waals surface area contributed by atoms with E-state index in [0.717, 1.165) is 5.56 Å². The van der Waals surface area contributed by atoms with E-state index in [4.69, 9.17) is 14.6 Å². The molecule has 2 aromatic carbocycles. The quantitative estimate of drug-likeness (QED) is 0.482. The van der Waals surface area contributed by atoms with E-state index in [1.165, 1.54) is 11.6 Å². The molecule has 0 unspecified atom stereocenters. The Kier molecular flexibility index (Phi) is 7.13. The summed E-state index contributed by atoms with van der Waals surface area (Å²) in [6.07, 6.45) is 3.20. The second kappa shape index (κ2) is 9.78. The lowest BCUT2D eigenvalue weighted by Crippen LogP contribution is -2.39. The smallest absolute Gasteiger partial charge is 0.248 e. The van der Waals surface area contributed by atoms with Crippen molar-refractivity contribution >= 4 is 17.7 Å². The Hall–Kier alpha value is -2.83. The van der Waals surface area contributed by atoms with Crippen LogP contribution >= 0.6 is 0 Å². The number of ether oxygens (including phenoxy) is 2. The number of anilines is 1. The van der Waals surface area contributed by atoms with Gasteiger partial charge in [0, 0.05) is 30.9 Å². The van der Waals surface area contributed by atoms with Crippen molar-refractivity contribution in [2.45, 2.75) is 32.3 Å². The number of carbonyl (C=O) groups is 1. The van der Waals surface area contributed by atoms with E-state index in [-0.39, 0.29) is 24.0 Å². The molecule has 0 saturated heterocycles. The van der Waals surface area contributed by atoms with Crippen molar-refractivity contribution < 1.29 is 19.4 Å². The summed E-state index contributed by atoms with van der Waals surface area (Å²) < 4.78 is 11.6. The molecule has 0 aliphatic carbocycles. The van der Waals surface area contributed by atoms with Crippen LogP contribution in [0.4, 0.5) is 5.69 Å². The van der Waals surface area contributed by atoms with Crippen molar-refractivity contribution in [3.8, 4) is 11.5 Å². The van der Waals surface area contributed by atoms with E-state index in [9.17, 15) is 4.79 Å². The van der Waals surface area contributed by atoms with Gasteiger partial charge in [0.05, 0.1) is 6.61 Å². The van der Waals surface area contributed by atoms with Gasteiger partial charge in [0.15, 0.2) is 11.5 Å². The minimum atomic E-state index is -0.211. The SMILES string of the molecule is CC(C)(C)c1ccc(/C=C/C(=O)Nc2ccc3c(c2)OC[C@@H](CNCCO)O3)cc1. The molecule has 1 aliphatic rings. The maximum Gasteiger partial charge on any atom is 0.248 e. The summed E-state index contributed by atoms with van der Waals surface area (Å²) >= 11 is 0. The van der Waals surface area contributed by atoms with Gasteiger partial charge in [-0.05, 0) is 34.8 Å². The first-order chi connectivity index (χ1) is 14.3. The van der Waals surface area contributed by atoms with Crippen LogP contribution in [-0.2, 0) is 10.2 Å². The lowest BCUT2D eigenvalue weighted by molar-refractivity contribution is -0.111. The molecule has 30 heavy (non-hydrogen) atoms. The van der Waals surface area contributed by atoms with Gasteiger partial charge < -0.3 is 25.2 Å². The van der Waals surface area contributed by atoms with Crippen LogP contribution in [0.3, 0.4) is 0 Å². The number of hydrogen-bond acceptors (Lipinski definition) is 5. The summed E-state index contributed by atoms with van der Waals surface area (Å²) in [7, 11) is 0. The molecule has 1 atom stereocenters. The second-order valence-corrected chi connectivity index (χ2v) is 8.33. The van der Waals surface area contributed by atoms with Gasteiger partial charge in [-0.1, -0.05) is 45.0 Å². The van der Waals surface area contributed by atoms with E-state index < -0.39 is 0 Å². The summed E-state index contributed by atoms with van der Waals surface area (Å²) in [6, 6.07) is 13.5. The van der Waals surface area contributed by atoms with Crippen LogP contribution in [-0.4, -0.2) is 43.4 Å². The van der Waals surface area contributed by atoms with Crippen molar-refractivity contribution in [2.24, 2.45) is 0 Å². The van der Waals surface area contributed by atoms with Crippen LogP contribution < -0.4 is 20.1 Å². The lowest BCUT2D eigenvalue weighted by Gasteiger charge is -2.27. The predicted molar refractivity (Wildman–Crippen MR) is 119 cm³/mol. The molecule has 0 aromatic heterocycles. The zero-order valence-corrected chi connectivity index (χ0v) is 17.8. The van der Waals surface area contributed by atoms with Gasteiger partial charge >= 0.3 is 0 Å². The van der Waals surface area contributed by atoms with Crippen LogP contribution in [0.25, 0.3) is 6.08 Å². The van der Waals surface area contributed by atoms with Gasteiger partial charge in [0.1, 0.15) is 12.7 Å². The molecule has 6 heteroatoms. The molecule has 160 valence electrons. The number of hydrogen-bond donors (Lipinski definition) is 3. The molecule has 0 radical (unpaired) electrons. The first-order valence-electron chi connectivity index (χ1n) is 10.2. The highest BCUT2D eigenvalue weighted by Gasteiger charge is 2.21. The first-order valence-corrected chi connectivity index (χ1v) is 10.2. The summed E-state index contributed by atoms with van der Waals surface area (Å²) in [4.78, 5) is 12.3. The summed E-state index contributed by atoms with van der Waals surface area (Å²) in [5.74, 6) is 1.04. The fraction of sp³-hybridized carbons (Fsp3) is 0.375. The van der Waals surface area contributed by atoms with Crippen LogP contribution in [0.1, 0.15) is 31.9 Å². The Morgan fingerprint density at radius 2 is 1.93 bits per heavy atom. The Labute approximate surface area is 177 Å². The second-order valence-electron chi connectivity index (χ2n) is 8.33. The van der Waals surface area contributed by atoms with E-state index >= 15 is 0 Å². The molecule has 1 aliphatic heterocycles. The highest BCUT2D eigenvalue weighted by atomic mass is 16.6. The van der Waals surface area contributed by atoms with Crippen LogP contribution in [0.5, 0.6) is 11.5 Å². The fourth-order valence-electron chi connectivity index (χ4n) is 3.09. The third kappa shape index (κ3) is 6.08. The summed E-state index contributed by atoms with van der Waals surface area (Å²) in [5, 5.41) is 14.8. The average molecular weight is 411 g/mol. The monoisotopic (exact) mass is 410 g/mol. The molecule has 0 saturated carbocycles. The summed E-state index contributed by atoms with van der Waals surface area (Å²) in [5.41, 5.74) is 2.98. The van der Waals surface area contributed by atoms with Crippen LogP contribution in [0.2, 0.25) is 0 Å². The van der Waals surface area contributed by atoms with E-state index in [1.54, 1.807) is 24.3 Å². The number of aliphatic hydroxyl groups is 1. The Morgan fingerprint density at radius 3 is 2.63 bits per heavy atom. The molecule has 2 aromatic rings. The van der Waals surface area contributed by atoms with E-state index in [0.29, 0.717) is 36.9 Å². The van der Waals surface area contributed by atoms with Crippen molar-refractivity contribution in [1.29, 1.82) is 0 Å². The van der Waals surface area contributed by atoms with Gasteiger partial charge in [0.25, 0.3) is 0 Å². The Morgan fingerprint density at radius 1 is 1.17 bits per heavy atom. The van der Waals surface area contributed by atoms with Crippen LogP contribution in [0.15, 0.2) is 48.5 Å². The molecule has 0 fully saturated rings. The number of benzene rings is 2. The highest BCUT2D eigenvalue weighted by molar-refractivity contribution is 6.02. The predicted octanol–water partition coefficient (Wildman–Crippen LogP) is 3.36. The average Bonchev–Trinajstić information content (AvgIpc) is 2.72. The molecule has 0 bridgehead atoms. The summed E-state index contributed by atoms with van der Waals surface area (Å²) in [6.45, 7) is 8.14. The van der Waals surface area contributed by atoms with Gasteiger partial charge in [-0.2, -0.15) is 0 Å². The molecular weight excluding hydrogens is 380 g/mol. The normalized spacial score (nSPS) is 15.9. The van der Waals surface area contributed by atoms with Crippen molar-refractivity contribution in [3.05, 3.63) is 59.7 Å². The zero-order valence-electron chi connectivity index (χ0n) is 17.8. The number of nitrogens with one attached hydrogen (secondary N) is 2. The third-order valence-electron chi connectivity index (χ3n) is 4.79. The molecule has 0 spiro atoms. The maximum absolute atomic E-state index is 12.3. The first kappa shape index (κ1) is 21.9. The minimum absolute atomic E-state index is 0.0872. The number of aliphatic hydroxyl groups excluding tert-OH is 1. The fourth-order valence-corrected chi connectivity index (χ4v) is 3.09. The standard InChI is InChI=1S/C24H30N2O4/c1-24(2,3)18-7-4-17(5-8-18)6-11-23(28)26-19-9-10-21-22(14-19)29-16-20(30-21)15-25-12-13-27/h4-11,14,20,25,27H,12-13,15-16H2,1-3H3,(H,26,28)/b11-6+/t20-/m1/s1. The van der Waals surface area contributed by atoms with Gasteiger partial charge in [-0.3, -0.25) is 4.79 Å². The van der Waals surface area contributed by atoms with Gasteiger partial charge in [-0.15, -0.1) is 0 Å². The molecule has 3 rings (SSSR count). The topological polar surface area (TPSA) is 79.8 Å². The number of rotatable bonds is 7. The molecule has 1 amide bonds. The van der Waals surface area contributed by atoms with E-state index in [2.05, 4.69) is 43.5 Å². The molecule has 3 N–H and O–H groups in total. The van der Waals surface area contributed by atoms with Gasteiger partial charge in [0.2, 0.25) is 5.91 Å². The maximum atomic E-state index is 12.3. The van der Waals surface area contributed by atoms with Crippen molar-refractivity contribution in [2.75, 3.05) is 31.6 Å². The zero-order chi connectivity index (χ0) is 21.6. The van der Waals surface area contributed by atoms with Crippen molar-refractivity contribution in [3.63, 3.8) is 0 Å². The molecular formula is C24H30N2O4. The van der Waals surface area contributed by atoms with Gasteiger partial charge in [-0.25, -0.2) is 0 Å². The molecule has 6 nitrogen and oxygen atoms in total. The number of fused-ring (bicyclic) bond motifs is 1. The third-order valence-corrected chi connectivity index (χ3v) is 4.79. The number of carbonyl (C=O) groups excluding carboxylic acids is 1. The Balaban J connectivity index is 1.55. The van der Waals surface area contributed by atoms with Crippen LogP contribution in [0, 0.1) is 0 Å². The van der Waals surface area contributed by atoms with Crippen molar-refractivity contribution in [1.82, 2.24) is 5.32 Å².